The summed E-state index contributed by atoms with van der Waals surface area (Å²) in [6.07, 6.45) is 1.60. The zero-order chi connectivity index (χ0) is 28.6. The third-order valence-electron chi connectivity index (χ3n) is 7.09. The van der Waals surface area contributed by atoms with Crippen LogP contribution in [0.1, 0.15) is 47.6 Å². The number of aromatic nitrogens is 1. The predicted octanol–water partition coefficient (Wildman–Crippen LogP) is 5.29. The molecule has 0 fully saturated rings. The number of hydrogen-bond donors (Lipinski definition) is 0. The van der Waals surface area contributed by atoms with E-state index in [0.29, 0.717) is 23.0 Å². The lowest BCUT2D eigenvalue weighted by atomic mass is 9.87. The van der Waals surface area contributed by atoms with E-state index in [9.17, 15) is 14.4 Å². The van der Waals surface area contributed by atoms with Crippen LogP contribution in [-0.4, -0.2) is 53.1 Å². The number of carbonyl (C=O) groups excluding carboxylic acids is 3. The van der Waals surface area contributed by atoms with Crippen molar-refractivity contribution in [3.8, 4) is 11.1 Å². The Morgan fingerprint density at radius 2 is 1.50 bits per heavy atom. The number of benzene rings is 2. The maximum atomic E-state index is 16.9. The monoisotopic (exact) mass is 544 g/mol. The van der Waals surface area contributed by atoms with E-state index in [2.05, 4.69) is 0 Å². The van der Waals surface area contributed by atoms with Crippen molar-refractivity contribution in [3.63, 3.8) is 0 Å². The van der Waals surface area contributed by atoms with Crippen molar-refractivity contribution in [2.75, 3.05) is 13.2 Å². The minimum atomic E-state index is -4.68. The summed E-state index contributed by atoms with van der Waals surface area (Å²) in [5.74, 6) is -1.51. The van der Waals surface area contributed by atoms with Crippen molar-refractivity contribution >= 4 is 42.6 Å². The Morgan fingerprint density at radius 3 is 2.08 bits per heavy atom. The highest BCUT2D eigenvalue weighted by Crippen LogP contribution is 2.46. The standard InChI is InChI=1S/C30H27BF2N2O5/c1-4-39-29(37)25-19(3)34-23(26(25)20-12-8-6-9-13-20)18-24-27(21-14-10-7-11-15-21)28(30(38)40-5-2)22(16-17-36)35(24)31(34,32)33/h6-15,17-18H,4-5,16H2,1-3H3. The number of carbonyl (C=O) groups is 3. The van der Waals surface area contributed by atoms with E-state index in [-0.39, 0.29) is 52.7 Å². The Labute approximate surface area is 230 Å². The molecule has 0 saturated carbocycles. The molecule has 3 heterocycles. The van der Waals surface area contributed by atoms with Gasteiger partial charge in [0.25, 0.3) is 0 Å². The maximum absolute atomic E-state index is 16.9. The molecule has 5 rings (SSSR count). The number of halogens is 2. The summed E-state index contributed by atoms with van der Waals surface area (Å²) in [4.78, 5) is 38.2. The fourth-order valence-electron chi connectivity index (χ4n) is 5.62. The molecule has 0 amide bonds. The minimum Gasteiger partial charge on any atom is -0.462 e. The molecule has 1 aromatic heterocycles. The molecule has 0 spiro atoms. The van der Waals surface area contributed by atoms with Crippen molar-refractivity contribution in [1.29, 1.82) is 0 Å². The molecule has 0 radical (unpaired) electrons. The molecule has 0 unspecified atom stereocenters. The number of fused-ring (bicyclic) bond motifs is 2. The van der Waals surface area contributed by atoms with Gasteiger partial charge in [-0.1, -0.05) is 60.7 Å². The summed E-state index contributed by atoms with van der Waals surface area (Å²) >= 11 is 0. The summed E-state index contributed by atoms with van der Waals surface area (Å²) in [7, 11) is 0. The van der Waals surface area contributed by atoms with Crippen LogP contribution in [0.3, 0.4) is 0 Å². The van der Waals surface area contributed by atoms with E-state index >= 15 is 8.63 Å². The second kappa shape index (κ2) is 10.5. The topological polar surface area (TPSA) is 77.6 Å². The third-order valence-corrected chi connectivity index (χ3v) is 7.09. The summed E-state index contributed by atoms with van der Waals surface area (Å²) in [5, 5.41) is 0. The Morgan fingerprint density at radius 1 is 0.925 bits per heavy atom. The number of aldehydes is 1. The van der Waals surface area contributed by atoms with Crippen LogP contribution in [0, 0.1) is 6.92 Å². The molecule has 2 aliphatic heterocycles. The zero-order valence-electron chi connectivity index (χ0n) is 22.3. The van der Waals surface area contributed by atoms with Crippen LogP contribution in [0.25, 0.3) is 22.8 Å². The molecular weight excluding hydrogens is 517 g/mol. The van der Waals surface area contributed by atoms with Crippen LogP contribution < -0.4 is 0 Å². The van der Waals surface area contributed by atoms with E-state index in [1.807, 2.05) is 0 Å². The Kier molecular flexibility index (Phi) is 7.10. The number of rotatable bonds is 8. The molecule has 7 nitrogen and oxygen atoms in total. The fraction of sp³-hybridized carbons (Fsp3) is 0.200. The summed E-state index contributed by atoms with van der Waals surface area (Å²) in [6, 6.07) is 17.5. The van der Waals surface area contributed by atoms with Gasteiger partial charge in [0.05, 0.1) is 30.8 Å². The van der Waals surface area contributed by atoms with E-state index in [0.717, 1.165) is 8.96 Å². The number of nitrogens with zero attached hydrogens (tertiary/aromatic N) is 2. The third kappa shape index (κ3) is 4.11. The summed E-state index contributed by atoms with van der Waals surface area (Å²) in [5.41, 5.74) is 1.59. The smallest absolute Gasteiger partial charge is 0.462 e. The molecule has 204 valence electrons. The van der Waals surface area contributed by atoms with E-state index in [4.69, 9.17) is 9.47 Å². The van der Waals surface area contributed by atoms with Crippen molar-refractivity contribution in [2.45, 2.75) is 27.2 Å². The Bertz CT molecular complexity index is 1620. The van der Waals surface area contributed by atoms with Crippen LogP contribution in [0.15, 0.2) is 71.9 Å². The van der Waals surface area contributed by atoms with Crippen LogP contribution in [0.4, 0.5) is 8.63 Å². The number of hydrogen-bond acceptors (Lipinski definition) is 5. The van der Waals surface area contributed by atoms with Crippen LogP contribution in [0.5, 0.6) is 0 Å². The lowest BCUT2D eigenvalue weighted by Gasteiger charge is -2.31. The highest BCUT2D eigenvalue weighted by Gasteiger charge is 2.58. The first kappa shape index (κ1) is 27.0. The van der Waals surface area contributed by atoms with Gasteiger partial charge in [0.2, 0.25) is 0 Å². The van der Waals surface area contributed by atoms with E-state index < -0.39 is 25.3 Å². The number of esters is 2. The molecular formula is C30H27BF2N2O5. The molecule has 40 heavy (non-hydrogen) atoms. The molecule has 0 atom stereocenters. The summed E-state index contributed by atoms with van der Waals surface area (Å²) < 4.78 is 46.0. The first-order chi connectivity index (χ1) is 19.3. The first-order valence-electron chi connectivity index (χ1n) is 13.1. The number of allylic oxidation sites excluding steroid dienone is 1. The van der Waals surface area contributed by atoms with Gasteiger partial charge < -0.3 is 31.9 Å². The van der Waals surface area contributed by atoms with Crippen LogP contribution in [0.2, 0.25) is 0 Å². The lowest BCUT2D eigenvalue weighted by molar-refractivity contribution is -0.360. The van der Waals surface area contributed by atoms with Crippen molar-refractivity contribution in [2.24, 2.45) is 0 Å². The lowest BCUT2D eigenvalue weighted by Crippen LogP contribution is -2.51. The average molecular weight is 544 g/mol. The Balaban J connectivity index is 1.92. The van der Waals surface area contributed by atoms with Gasteiger partial charge in [0, 0.05) is 17.3 Å². The normalized spacial score (nSPS) is 15.4. The molecule has 0 aliphatic carbocycles. The van der Waals surface area contributed by atoms with Gasteiger partial charge >= 0.3 is 18.9 Å². The largest absolute Gasteiger partial charge is 0.737 e. The van der Waals surface area contributed by atoms with Crippen LogP contribution in [-0.2, 0) is 19.1 Å². The molecule has 10 heteroatoms. The first-order valence-corrected chi connectivity index (χ1v) is 13.1. The zero-order valence-corrected chi connectivity index (χ0v) is 22.3. The second-order valence-corrected chi connectivity index (χ2v) is 9.32. The predicted molar refractivity (Wildman–Crippen MR) is 148 cm³/mol. The van der Waals surface area contributed by atoms with Gasteiger partial charge in [-0.25, -0.2) is 9.59 Å². The molecule has 0 bridgehead atoms. The molecule has 0 saturated heterocycles. The highest BCUT2D eigenvalue weighted by molar-refractivity contribution is 6.59. The van der Waals surface area contributed by atoms with Crippen LogP contribution >= 0.6 is 0 Å². The Hall–Kier alpha value is -4.60. The minimum absolute atomic E-state index is 0.0175. The number of ether oxygens (including phenoxy) is 2. The quantitative estimate of drug-likeness (QED) is 0.219. The molecule has 3 aromatic rings. The summed E-state index contributed by atoms with van der Waals surface area (Å²) in [6.45, 7) is 0.140. The van der Waals surface area contributed by atoms with Crippen molar-refractivity contribution in [3.05, 3.63) is 94.4 Å². The van der Waals surface area contributed by atoms with Crippen molar-refractivity contribution in [1.82, 2.24) is 4.48 Å². The molecule has 0 N–H and O–H groups in total. The highest BCUT2D eigenvalue weighted by atomic mass is 19.2. The van der Waals surface area contributed by atoms with E-state index in [1.54, 1.807) is 80.6 Å². The van der Waals surface area contributed by atoms with E-state index in [1.165, 1.54) is 6.92 Å². The SMILES string of the molecule is CCOC(=O)C1=C(c2ccccc2)C2=Cc3c(-c4ccccc4)c(C(=O)OCC)c(C)n3[B-](F)(F)[N+]2=C1CC=O. The molecule has 2 aliphatic rings. The van der Waals surface area contributed by atoms with Gasteiger partial charge in [0.1, 0.15) is 11.9 Å². The maximum Gasteiger partial charge on any atom is 0.737 e. The van der Waals surface area contributed by atoms with Gasteiger partial charge in [-0.2, -0.15) is 0 Å². The second-order valence-electron chi connectivity index (χ2n) is 9.32. The average Bonchev–Trinajstić information content (AvgIpc) is 3.43. The van der Waals surface area contributed by atoms with Gasteiger partial charge in [0.15, 0.2) is 11.4 Å². The van der Waals surface area contributed by atoms with Gasteiger partial charge in [-0.15, -0.1) is 0 Å². The van der Waals surface area contributed by atoms with Crippen molar-refractivity contribution < 1.29 is 37.0 Å². The van der Waals surface area contributed by atoms with Gasteiger partial charge in [-0.05, 0) is 37.6 Å². The molecule has 2 aromatic carbocycles. The van der Waals surface area contributed by atoms with Gasteiger partial charge in [-0.3, -0.25) is 0 Å². The fourth-order valence-corrected chi connectivity index (χ4v) is 5.62.